The van der Waals surface area contributed by atoms with Gasteiger partial charge in [-0.1, -0.05) is 13.8 Å². The lowest BCUT2D eigenvalue weighted by atomic mass is 9.87. The summed E-state index contributed by atoms with van der Waals surface area (Å²) in [6.45, 7) is 5.80. The third kappa shape index (κ3) is 4.26. The first kappa shape index (κ1) is 22.0. The molecule has 0 radical (unpaired) electrons. The fraction of sp³-hybridized carbons (Fsp3) is 0.550. The average Bonchev–Trinajstić information content (AvgIpc) is 2.67. The molecule has 3 heterocycles. The van der Waals surface area contributed by atoms with Crippen LogP contribution < -0.4 is 20.9 Å². The van der Waals surface area contributed by atoms with Gasteiger partial charge in [0, 0.05) is 19.1 Å². The van der Waals surface area contributed by atoms with Gasteiger partial charge in [0.05, 0.1) is 18.1 Å². The molecule has 0 saturated heterocycles. The van der Waals surface area contributed by atoms with Crippen LogP contribution in [0.1, 0.15) is 38.1 Å². The topological polar surface area (TPSA) is 108 Å². The summed E-state index contributed by atoms with van der Waals surface area (Å²) in [5, 5.41) is 9.31. The zero-order chi connectivity index (χ0) is 23.2. The lowest BCUT2D eigenvalue weighted by Crippen LogP contribution is -2.50. The van der Waals surface area contributed by atoms with Crippen molar-refractivity contribution in [2.24, 2.45) is 5.92 Å². The van der Waals surface area contributed by atoms with Crippen molar-refractivity contribution in [3.63, 3.8) is 0 Å². The fourth-order valence-electron chi connectivity index (χ4n) is 4.07. The van der Waals surface area contributed by atoms with E-state index < -0.39 is 11.9 Å². The Morgan fingerprint density at radius 1 is 1.12 bits per heavy atom. The number of halogens is 3. The SMILES string of the molecule is Cc1nc(N[C@H]2C[C@H](Nc3cnc(C(F)(F)F)cn3)C2)nc2c1NC(=O)C(C(C)C)N2C. The van der Waals surface area contributed by atoms with Crippen molar-refractivity contribution in [2.75, 3.05) is 27.9 Å². The predicted octanol–water partition coefficient (Wildman–Crippen LogP) is 3.06. The number of likely N-dealkylation sites (N-methyl/N-ethyl adjacent to an activating group) is 1. The summed E-state index contributed by atoms with van der Waals surface area (Å²) in [7, 11) is 1.85. The number of aryl methyl sites for hydroxylation is 1. The molecule has 0 spiro atoms. The number of hydrogen-bond donors (Lipinski definition) is 3. The van der Waals surface area contributed by atoms with Crippen molar-refractivity contribution in [1.82, 2.24) is 19.9 Å². The number of aromatic nitrogens is 4. The molecule has 3 N–H and O–H groups in total. The molecule has 2 aromatic rings. The van der Waals surface area contributed by atoms with Crippen LogP contribution in [0.4, 0.5) is 36.4 Å². The van der Waals surface area contributed by atoms with Crippen molar-refractivity contribution >= 4 is 29.2 Å². The highest BCUT2D eigenvalue weighted by Crippen LogP contribution is 2.35. The van der Waals surface area contributed by atoms with Crippen LogP contribution in [0.3, 0.4) is 0 Å². The molecule has 9 nitrogen and oxygen atoms in total. The van der Waals surface area contributed by atoms with E-state index in [2.05, 4.69) is 35.9 Å². The molecule has 172 valence electrons. The second-order valence-electron chi connectivity index (χ2n) is 8.56. The monoisotopic (exact) mass is 450 g/mol. The minimum Gasteiger partial charge on any atom is -0.366 e. The highest BCUT2D eigenvalue weighted by atomic mass is 19.4. The van der Waals surface area contributed by atoms with Crippen molar-refractivity contribution in [3.05, 3.63) is 23.8 Å². The van der Waals surface area contributed by atoms with E-state index in [9.17, 15) is 18.0 Å². The van der Waals surface area contributed by atoms with Gasteiger partial charge in [0.15, 0.2) is 11.5 Å². The van der Waals surface area contributed by atoms with Crippen LogP contribution in [0.15, 0.2) is 12.4 Å². The predicted molar refractivity (Wildman–Crippen MR) is 114 cm³/mol. The first-order valence-electron chi connectivity index (χ1n) is 10.4. The van der Waals surface area contributed by atoms with E-state index in [0.717, 1.165) is 25.2 Å². The Kier molecular flexibility index (Phi) is 5.55. The van der Waals surface area contributed by atoms with E-state index in [4.69, 9.17) is 0 Å². The van der Waals surface area contributed by atoms with Crippen molar-refractivity contribution in [3.8, 4) is 0 Å². The minimum atomic E-state index is -4.50. The van der Waals surface area contributed by atoms with Crippen LogP contribution in [0, 0.1) is 12.8 Å². The van der Waals surface area contributed by atoms with Gasteiger partial charge in [0.1, 0.15) is 17.5 Å². The highest BCUT2D eigenvalue weighted by molar-refractivity contribution is 6.03. The molecule has 32 heavy (non-hydrogen) atoms. The van der Waals surface area contributed by atoms with E-state index in [-0.39, 0.29) is 30.0 Å². The first-order valence-corrected chi connectivity index (χ1v) is 10.4. The maximum atomic E-state index is 12.6. The fourth-order valence-corrected chi connectivity index (χ4v) is 4.07. The number of hydrogen-bond acceptors (Lipinski definition) is 8. The second-order valence-corrected chi connectivity index (χ2v) is 8.56. The van der Waals surface area contributed by atoms with Gasteiger partial charge < -0.3 is 20.9 Å². The Morgan fingerprint density at radius 2 is 1.81 bits per heavy atom. The minimum absolute atomic E-state index is 0.0598. The van der Waals surface area contributed by atoms with Crippen LogP contribution in [-0.2, 0) is 11.0 Å². The molecule has 12 heteroatoms. The van der Waals surface area contributed by atoms with Crippen LogP contribution >= 0.6 is 0 Å². The van der Waals surface area contributed by atoms with Gasteiger partial charge in [-0.25, -0.2) is 15.0 Å². The van der Waals surface area contributed by atoms with Crippen molar-refractivity contribution in [2.45, 2.75) is 57.9 Å². The number of anilines is 4. The van der Waals surface area contributed by atoms with E-state index in [1.807, 2.05) is 32.7 Å². The Hall–Kier alpha value is -3.18. The maximum absolute atomic E-state index is 12.6. The van der Waals surface area contributed by atoms with E-state index in [0.29, 0.717) is 29.0 Å². The van der Waals surface area contributed by atoms with Crippen molar-refractivity contribution < 1.29 is 18.0 Å². The summed E-state index contributed by atoms with van der Waals surface area (Å²) in [6.07, 6.45) is -1.24. The summed E-state index contributed by atoms with van der Waals surface area (Å²) in [4.78, 5) is 30.6. The molecule has 1 amide bonds. The molecule has 2 aliphatic rings. The third-order valence-corrected chi connectivity index (χ3v) is 5.74. The first-order chi connectivity index (χ1) is 15.0. The number of carbonyl (C=O) groups is 1. The van der Waals surface area contributed by atoms with Gasteiger partial charge in [0.25, 0.3) is 0 Å². The summed E-state index contributed by atoms with van der Waals surface area (Å²) >= 11 is 0. The molecule has 1 saturated carbocycles. The summed E-state index contributed by atoms with van der Waals surface area (Å²) in [5.74, 6) is 1.50. The van der Waals surface area contributed by atoms with Gasteiger partial charge in [-0.05, 0) is 25.7 Å². The molecule has 1 aliphatic carbocycles. The number of carbonyl (C=O) groups excluding carboxylic acids is 1. The summed E-state index contributed by atoms with van der Waals surface area (Å²) in [6, 6.07) is -0.145. The molecule has 1 atom stereocenters. The molecule has 1 aliphatic heterocycles. The Bertz CT molecular complexity index is 1010. The molecule has 1 fully saturated rings. The maximum Gasteiger partial charge on any atom is 0.434 e. The van der Waals surface area contributed by atoms with Crippen LogP contribution in [0.5, 0.6) is 0 Å². The Morgan fingerprint density at radius 3 is 2.41 bits per heavy atom. The Labute approximate surface area is 183 Å². The normalized spacial score (nSPS) is 22.8. The van der Waals surface area contributed by atoms with Gasteiger partial charge in [-0.15, -0.1) is 0 Å². The molecule has 1 unspecified atom stereocenters. The number of fused-ring (bicyclic) bond motifs is 1. The van der Waals surface area contributed by atoms with E-state index in [1.54, 1.807) is 0 Å². The standard InChI is InChI=1S/C20H25F3N8O/c1-9(2)16-18(32)29-15-10(3)26-19(30-17(15)31(16)4)28-12-5-11(6-12)27-14-8-24-13(7-25-14)20(21,22)23/h7-9,11-12,16H,5-6H2,1-4H3,(H,25,27)(H,29,32)(H,26,28,30)/t11-,12-,16?. The van der Waals surface area contributed by atoms with Crippen LogP contribution in [0.2, 0.25) is 0 Å². The van der Waals surface area contributed by atoms with Crippen LogP contribution in [0.25, 0.3) is 0 Å². The number of nitrogens with one attached hydrogen (secondary N) is 3. The third-order valence-electron chi connectivity index (χ3n) is 5.74. The Balaban J connectivity index is 1.37. The number of amides is 1. The highest BCUT2D eigenvalue weighted by Gasteiger charge is 2.36. The summed E-state index contributed by atoms with van der Waals surface area (Å²) < 4.78 is 37.8. The molecular formula is C20H25F3N8O. The molecule has 0 bridgehead atoms. The largest absolute Gasteiger partial charge is 0.434 e. The average molecular weight is 450 g/mol. The second kappa shape index (κ2) is 8.06. The molecular weight excluding hydrogens is 425 g/mol. The molecule has 2 aromatic heterocycles. The molecule has 4 rings (SSSR count). The smallest absolute Gasteiger partial charge is 0.366 e. The number of nitrogens with zero attached hydrogens (tertiary/aromatic N) is 5. The van der Waals surface area contributed by atoms with Gasteiger partial charge in [-0.3, -0.25) is 4.79 Å². The lowest BCUT2D eigenvalue weighted by molar-refractivity contribution is -0.141. The van der Waals surface area contributed by atoms with E-state index >= 15 is 0 Å². The number of alkyl halides is 3. The molecule has 0 aromatic carbocycles. The van der Waals surface area contributed by atoms with Gasteiger partial charge >= 0.3 is 6.18 Å². The van der Waals surface area contributed by atoms with E-state index in [1.165, 1.54) is 0 Å². The van der Waals surface area contributed by atoms with Gasteiger partial charge in [-0.2, -0.15) is 18.2 Å². The van der Waals surface area contributed by atoms with Crippen molar-refractivity contribution in [1.29, 1.82) is 0 Å². The zero-order valence-corrected chi connectivity index (χ0v) is 18.2. The lowest BCUT2D eigenvalue weighted by Gasteiger charge is -2.38. The quantitative estimate of drug-likeness (QED) is 0.638. The van der Waals surface area contributed by atoms with Crippen LogP contribution in [-0.4, -0.2) is 51.0 Å². The summed E-state index contributed by atoms with van der Waals surface area (Å²) in [5.41, 5.74) is 0.278. The van der Waals surface area contributed by atoms with Gasteiger partial charge in [0.2, 0.25) is 11.9 Å². The number of rotatable bonds is 5. The zero-order valence-electron chi connectivity index (χ0n) is 18.2.